The van der Waals surface area contributed by atoms with Crippen LogP contribution in [-0.4, -0.2) is 25.2 Å². The molecule has 2 aromatic carbocycles. The molecule has 0 fully saturated rings. The summed E-state index contributed by atoms with van der Waals surface area (Å²) in [5, 5.41) is 3.61. The van der Waals surface area contributed by atoms with Gasteiger partial charge in [-0.05, 0) is 62.2 Å². The molecule has 1 heterocycles. The maximum atomic E-state index is 12.5. The van der Waals surface area contributed by atoms with Gasteiger partial charge >= 0.3 is 0 Å². The minimum Gasteiger partial charge on any atom is -0.486 e. The van der Waals surface area contributed by atoms with Crippen molar-refractivity contribution in [2.24, 2.45) is 0 Å². The highest BCUT2D eigenvalue weighted by atomic mass is 35.5. The number of nitrogens with one attached hydrogen (secondary N) is 1. The smallest absolute Gasteiger partial charge is 0.261 e. The van der Waals surface area contributed by atoms with Gasteiger partial charge in [-0.1, -0.05) is 17.7 Å². The van der Waals surface area contributed by atoms with Gasteiger partial charge in [-0.25, -0.2) is 0 Å². The summed E-state index contributed by atoms with van der Waals surface area (Å²) in [6.07, 6.45) is -0.630. The van der Waals surface area contributed by atoms with Crippen LogP contribution < -0.4 is 19.5 Å². The van der Waals surface area contributed by atoms with Crippen LogP contribution in [0, 0.1) is 6.92 Å². The molecule has 2 atom stereocenters. The lowest BCUT2D eigenvalue weighted by Gasteiger charge is -2.22. The Balaban J connectivity index is 1.63. The molecule has 26 heavy (non-hydrogen) atoms. The van der Waals surface area contributed by atoms with E-state index in [2.05, 4.69) is 5.32 Å². The maximum absolute atomic E-state index is 12.5. The zero-order chi connectivity index (χ0) is 18.7. The molecule has 138 valence electrons. The first-order valence-electron chi connectivity index (χ1n) is 8.57. The van der Waals surface area contributed by atoms with Crippen molar-refractivity contribution in [1.82, 2.24) is 5.32 Å². The highest BCUT2D eigenvalue weighted by molar-refractivity contribution is 6.30. The van der Waals surface area contributed by atoms with Crippen LogP contribution in [0.1, 0.15) is 31.0 Å². The van der Waals surface area contributed by atoms with Gasteiger partial charge in [0.15, 0.2) is 17.6 Å². The first-order valence-corrected chi connectivity index (χ1v) is 8.94. The van der Waals surface area contributed by atoms with Crippen LogP contribution in [-0.2, 0) is 4.79 Å². The standard InChI is InChI=1S/C20H22ClNO4/c1-12-10-16(21)5-7-17(12)26-14(3)20(23)22-13(2)15-4-6-18-19(11-15)25-9-8-24-18/h4-7,10-11,13-14H,8-9H2,1-3H3,(H,22,23)/t13-,14-/m0/s1. The van der Waals surface area contributed by atoms with Crippen LogP contribution in [0.3, 0.4) is 0 Å². The zero-order valence-electron chi connectivity index (χ0n) is 15.0. The second kappa shape index (κ2) is 7.87. The molecule has 1 N–H and O–H groups in total. The van der Waals surface area contributed by atoms with Gasteiger partial charge in [-0.3, -0.25) is 4.79 Å². The third kappa shape index (κ3) is 4.22. The number of hydrogen-bond acceptors (Lipinski definition) is 4. The van der Waals surface area contributed by atoms with Gasteiger partial charge in [0, 0.05) is 5.02 Å². The van der Waals surface area contributed by atoms with Gasteiger partial charge in [0.1, 0.15) is 19.0 Å². The lowest BCUT2D eigenvalue weighted by Crippen LogP contribution is -2.37. The summed E-state index contributed by atoms with van der Waals surface area (Å²) in [6.45, 7) is 6.62. The molecule has 0 saturated heterocycles. The van der Waals surface area contributed by atoms with Crippen molar-refractivity contribution in [1.29, 1.82) is 0 Å². The molecule has 3 rings (SSSR count). The Hall–Kier alpha value is -2.40. The summed E-state index contributed by atoms with van der Waals surface area (Å²) in [6, 6.07) is 10.8. The fraction of sp³-hybridized carbons (Fsp3) is 0.350. The van der Waals surface area contributed by atoms with Crippen LogP contribution in [0.25, 0.3) is 0 Å². The average Bonchev–Trinajstić information content (AvgIpc) is 2.63. The lowest BCUT2D eigenvalue weighted by atomic mass is 10.1. The van der Waals surface area contributed by atoms with Crippen molar-refractivity contribution >= 4 is 17.5 Å². The molecule has 0 radical (unpaired) electrons. The SMILES string of the molecule is Cc1cc(Cl)ccc1O[C@@H](C)C(=O)N[C@@H](C)c1ccc2c(c1)OCCO2. The number of amides is 1. The average molecular weight is 376 g/mol. The monoisotopic (exact) mass is 375 g/mol. The van der Waals surface area contributed by atoms with Gasteiger partial charge in [0.25, 0.3) is 5.91 Å². The molecule has 1 aliphatic rings. The summed E-state index contributed by atoms with van der Waals surface area (Å²) in [5.41, 5.74) is 1.83. The number of halogens is 1. The Kier molecular flexibility index (Phi) is 5.57. The Labute approximate surface area is 158 Å². The van der Waals surface area contributed by atoms with Crippen molar-refractivity contribution in [2.45, 2.75) is 32.9 Å². The second-order valence-electron chi connectivity index (χ2n) is 6.30. The van der Waals surface area contributed by atoms with Gasteiger partial charge in [0.05, 0.1) is 6.04 Å². The van der Waals surface area contributed by atoms with Crippen LogP contribution in [0.15, 0.2) is 36.4 Å². The number of benzene rings is 2. The number of fused-ring (bicyclic) bond motifs is 1. The Morgan fingerprint density at radius 2 is 1.85 bits per heavy atom. The summed E-state index contributed by atoms with van der Waals surface area (Å²) < 4.78 is 16.9. The van der Waals surface area contributed by atoms with E-state index in [1.807, 2.05) is 32.0 Å². The van der Waals surface area contributed by atoms with Gasteiger partial charge in [0.2, 0.25) is 0 Å². The number of ether oxygens (including phenoxy) is 3. The molecule has 0 aliphatic carbocycles. The van der Waals surface area contributed by atoms with Gasteiger partial charge in [-0.2, -0.15) is 0 Å². The van der Waals surface area contributed by atoms with Gasteiger partial charge in [-0.15, -0.1) is 0 Å². The van der Waals surface area contributed by atoms with Crippen molar-refractivity contribution < 1.29 is 19.0 Å². The molecule has 5 nitrogen and oxygen atoms in total. The van der Waals surface area contributed by atoms with Crippen molar-refractivity contribution in [3.05, 3.63) is 52.5 Å². The predicted octanol–water partition coefficient (Wildman–Crippen LogP) is 4.06. The van der Waals surface area contributed by atoms with E-state index in [1.165, 1.54) is 0 Å². The summed E-state index contributed by atoms with van der Waals surface area (Å²) in [5.74, 6) is 1.88. The molecule has 0 saturated carbocycles. The Bertz CT molecular complexity index is 808. The highest BCUT2D eigenvalue weighted by Gasteiger charge is 2.20. The Morgan fingerprint density at radius 1 is 1.12 bits per heavy atom. The third-order valence-corrected chi connectivity index (χ3v) is 4.47. The van der Waals surface area contributed by atoms with E-state index in [0.29, 0.717) is 29.7 Å². The largest absolute Gasteiger partial charge is 0.486 e. The predicted molar refractivity (Wildman–Crippen MR) is 100 cm³/mol. The molecule has 0 spiro atoms. The number of carbonyl (C=O) groups excluding carboxylic acids is 1. The molecule has 1 aliphatic heterocycles. The number of rotatable bonds is 5. The van der Waals surface area contributed by atoms with E-state index in [9.17, 15) is 4.79 Å². The summed E-state index contributed by atoms with van der Waals surface area (Å²) >= 11 is 5.95. The van der Waals surface area contributed by atoms with Crippen LogP contribution in [0.4, 0.5) is 0 Å². The van der Waals surface area contributed by atoms with Crippen LogP contribution >= 0.6 is 11.6 Å². The van der Waals surface area contributed by atoms with E-state index in [4.69, 9.17) is 25.8 Å². The minimum absolute atomic E-state index is 0.185. The fourth-order valence-electron chi connectivity index (χ4n) is 2.73. The first-order chi connectivity index (χ1) is 12.4. The molecule has 0 bridgehead atoms. The van der Waals surface area contributed by atoms with E-state index in [-0.39, 0.29) is 11.9 Å². The van der Waals surface area contributed by atoms with Gasteiger partial charge < -0.3 is 19.5 Å². The van der Waals surface area contributed by atoms with E-state index < -0.39 is 6.10 Å². The molecular weight excluding hydrogens is 354 g/mol. The minimum atomic E-state index is -0.630. The van der Waals surface area contributed by atoms with Crippen molar-refractivity contribution in [3.63, 3.8) is 0 Å². The topological polar surface area (TPSA) is 56.8 Å². The van der Waals surface area contributed by atoms with Crippen molar-refractivity contribution in [2.75, 3.05) is 13.2 Å². The van der Waals surface area contributed by atoms with E-state index >= 15 is 0 Å². The zero-order valence-corrected chi connectivity index (χ0v) is 15.8. The van der Waals surface area contributed by atoms with Crippen molar-refractivity contribution in [3.8, 4) is 17.2 Å². The maximum Gasteiger partial charge on any atom is 0.261 e. The highest BCUT2D eigenvalue weighted by Crippen LogP contribution is 2.32. The third-order valence-electron chi connectivity index (χ3n) is 4.23. The lowest BCUT2D eigenvalue weighted by molar-refractivity contribution is -0.127. The molecule has 0 unspecified atom stereocenters. The molecular formula is C20H22ClNO4. The number of carbonyl (C=O) groups is 1. The van der Waals surface area contributed by atoms with Crippen LogP contribution in [0.5, 0.6) is 17.2 Å². The first kappa shape index (κ1) is 18.4. The second-order valence-corrected chi connectivity index (χ2v) is 6.74. The molecule has 2 aromatic rings. The summed E-state index contributed by atoms with van der Waals surface area (Å²) in [4.78, 5) is 12.5. The quantitative estimate of drug-likeness (QED) is 0.856. The number of hydrogen-bond donors (Lipinski definition) is 1. The Morgan fingerprint density at radius 3 is 2.58 bits per heavy atom. The normalized spacial score (nSPS) is 15.1. The van der Waals surface area contributed by atoms with Crippen LogP contribution in [0.2, 0.25) is 5.02 Å². The van der Waals surface area contributed by atoms with E-state index in [0.717, 1.165) is 16.9 Å². The molecule has 1 amide bonds. The van der Waals surface area contributed by atoms with E-state index in [1.54, 1.807) is 25.1 Å². The molecule has 0 aromatic heterocycles. The fourth-order valence-corrected chi connectivity index (χ4v) is 2.96. The molecule has 6 heteroatoms. The summed E-state index contributed by atoms with van der Waals surface area (Å²) in [7, 11) is 0. The number of aryl methyl sites for hydroxylation is 1.